The van der Waals surface area contributed by atoms with Gasteiger partial charge in [-0.2, -0.15) is 0 Å². The number of thiophene rings is 1. The normalized spacial score (nSPS) is 14.7. The van der Waals surface area contributed by atoms with Crippen LogP contribution in [0.2, 0.25) is 0 Å². The first-order valence-corrected chi connectivity index (χ1v) is 13.3. The number of rotatable bonds is 6. The minimum atomic E-state index is -0.300. The molecule has 0 unspecified atom stereocenters. The van der Waals surface area contributed by atoms with E-state index in [2.05, 4.69) is 5.32 Å². The van der Waals surface area contributed by atoms with Gasteiger partial charge in [-0.1, -0.05) is 72.4 Å². The van der Waals surface area contributed by atoms with Crippen molar-refractivity contribution in [3.63, 3.8) is 0 Å². The Labute approximate surface area is 212 Å². The van der Waals surface area contributed by atoms with Crippen molar-refractivity contribution in [3.05, 3.63) is 92.6 Å². The van der Waals surface area contributed by atoms with Gasteiger partial charge in [-0.05, 0) is 30.5 Å². The van der Waals surface area contributed by atoms with Gasteiger partial charge in [0.05, 0.1) is 29.4 Å². The van der Waals surface area contributed by atoms with Crippen molar-refractivity contribution >= 4 is 39.2 Å². The lowest BCUT2D eigenvalue weighted by atomic mass is 9.94. The third-order valence-electron chi connectivity index (χ3n) is 6.17. The summed E-state index contributed by atoms with van der Waals surface area (Å²) in [7, 11) is 1.72. The van der Waals surface area contributed by atoms with Crippen molar-refractivity contribution in [2.45, 2.75) is 43.7 Å². The summed E-state index contributed by atoms with van der Waals surface area (Å²) in [5.74, 6) is 0.0334. The third-order valence-corrected chi connectivity index (χ3v) is 8.30. The van der Waals surface area contributed by atoms with Gasteiger partial charge in [-0.25, -0.2) is 4.98 Å². The number of nitrogens with one attached hydrogen (secondary N) is 1. The highest BCUT2D eigenvalue weighted by Crippen LogP contribution is 2.37. The lowest BCUT2D eigenvalue weighted by molar-refractivity contribution is -0.119. The van der Waals surface area contributed by atoms with Crippen LogP contribution < -0.4 is 10.9 Å². The fourth-order valence-corrected chi connectivity index (χ4v) is 6.29. The summed E-state index contributed by atoms with van der Waals surface area (Å²) in [6.07, 6.45) is 0.689. The first kappa shape index (κ1) is 23.8. The maximum Gasteiger partial charge on any atom is 0.262 e. The summed E-state index contributed by atoms with van der Waals surface area (Å²) in [5.41, 5.74) is 2.71. The number of amides is 1. The monoisotopic (exact) mass is 505 g/mol. The molecule has 1 N–H and O–H groups in total. The van der Waals surface area contributed by atoms with Gasteiger partial charge in [0.2, 0.25) is 5.91 Å². The molecule has 0 fully saturated rings. The molecule has 0 atom stereocenters. The van der Waals surface area contributed by atoms with E-state index < -0.39 is 0 Å². The van der Waals surface area contributed by atoms with Crippen molar-refractivity contribution in [1.29, 1.82) is 0 Å². The van der Waals surface area contributed by atoms with Crippen LogP contribution in [-0.2, 0) is 29.6 Å². The highest BCUT2D eigenvalue weighted by Gasteiger charge is 2.31. The lowest BCUT2D eigenvalue weighted by Crippen LogP contribution is -2.32. The maximum absolute atomic E-state index is 13.3. The molecule has 3 heterocycles. The smallest absolute Gasteiger partial charge is 0.262 e. The van der Waals surface area contributed by atoms with Crippen LogP contribution >= 0.6 is 23.1 Å². The van der Waals surface area contributed by atoms with Crippen LogP contribution in [0.5, 0.6) is 0 Å². The van der Waals surface area contributed by atoms with Crippen LogP contribution in [0.25, 0.3) is 10.2 Å². The molecule has 1 aliphatic heterocycles. The number of benzene rings is 2. The van der Waals surface area contributed by atoms with Gasteiger partial charge in [0.15, 0.2) is 5.16 Å². The number of fused-ring (bicyclic) bond motifs is 3. The van der Waals surface area contributed by atoms with Crippen molar-refractivity contribution in [3.8, 4) is 0 Å². The number of carbonyl (C=O) groups is 1. The number of ether oxygens (including phenoxy) is 1. The lowest BCUT2D eigenvalue weighted by Gasteiger charge is -2.29. The molecule has 2 aromatic heterocycles. The SMILES string of the molecule is Cn1c(SCC(=O)NC(c2ccccc2)c2ccccc2)nc2sc3c(c2c1=O)CC(C)(C)OC3. The quantitative estimate of drug-likeness (QED) is 0.300. The summed E-state index contributed by atoms with van der Waals surface area (Å²) in [6, 6.07) is 19.6. The van der Waals surface area contributed by atoms with E-state index in [0.29, 0.717) is 28.4 Å². The standard InChI is InChI=1S/C27H27N3O3S2/c1-27(2)14-19-20(15-33-27)35-24-22(19)25(32)30(3)26(29-24)34-16-21(31)28-23(17-10-6-4-7-11-17)18-12-8-5-9-13-18/h4-13,23H,14-16H2,1-3H3,(H,28,31). The molecule has 0 saturated heterocycles. The molecule has 1 amide bonds. The molecule has 0 spiro atoms. The predicted octanol–water partition coefficient (Wildman–Crippen LogP) is 4.84. The number of aromatic nitrogens is 2. The molecular formula is C27H27N3O3S2. The Hall–Kier alpha value is -2.94. The summed E-state index contributed by atoms with van der Waals surface area (Å²) in [4.78, 5) is 32.8. The summed E-state index contributed by atoms with van der Waals surface area (Å²) >= 11 is 2.79. The molecule has 5 rings (SSSR count). The Morgan fingerprint density at radius 1 is 1.14 bits per heavy atom. The fourth-order valence-electron chi connectivity index (χ4n) is 4.37. The molecule has 35 heavy (non-hydrogen) atoms. The van der Waals surface area contributed by atoms with Crippen LogP contribution in [0, 0.1) is 0 Å². The van der Waals surface area contributed by atoms with Crippen LogP contribution in [-0.4, -0.2) is 26.8 Å². The zero-order chi connectivity index (χ0) is 24.6. The molecule has 8 heteroatoms. The number of hydrogen-bond donors (Lipinski definition) is 1. The second-order valence-corrected chi connectivity index (χ2v) is 11.3. The van der Waals surface area contributed by atoms with E-state index in [9.17, 15) is 9.59 Å². The van der Waals surface area contributed by atoms with E-state index in [1.165, 1.54) is 23.1 Å². The molecule has 6 nitrogen and oxygen atoms in total. The number of nitrogens with zero attached hydrogens (tertiary/aromatic N) is 2. The average molecular weight is 506 g/mol. The van der Waals surface area contributed by atoms with Crippen LogP contribution in [0.15, 0.2) is 70.6 Å². The van der Waals surface area contributed by atoms with Crippen LogP contribution in [0.3, 0.4) is 0 Å². The Bertz CT molecular complexity index is 1390. The molecule has 2 aromatic carbocycles. The number of carbonyl (C=O) groups excluding carboxylic acids is 1. The topological polar surface area (TPSA) is 73.2 Å². The summed E-state index contributed by atoms with van der Waals surface area (Å²) in [5, 5.41) is 4.37. The minimum Gasteiger partial charge on any atom is -0.370 e. The van der Waals surface area contributed by atoms with Crippen molar-refractivity contribution in [2.24, 2.45) is 7.05 Å². The Morgan fingerprint density at radius 3 is 2.40 bits per heavy atom. The van der Waals surface area contributed by atoms with Gasteiger partial charge in [0.25, 0.3) is 5.56 Å². The van der Waals surface area contributed by atoms with Crippen molar-refractivity contribution in [2.75, 3.05) is 5.75 Å². The van der Waals surface area contributed by atoms with E-state index in [4.69, 9.17) is 9.72 Å². The van der Waals surface area contributed by atoms with Crippen LogP contribution in [0.1, 0.15) is 41.5 Å². The minimum absolute atomic E-state index is 0.0699. The van der Waals surface area contributed by atoms with E-state index in [-0.39, 0.29) is 28.9 Å². The van der Waals surface area contributed by atoms with Gasteiger partial charge in [-0.15, -0.1) is 11.3 Å². The van der Waals surface area contributed by atoms with Gasteiger partial charge in [0, 0.05) is 18.3 Å². The molecule has 0 bridgehead atoms. The predicted molar refractivity (Wildman–Crippen MR) is 141 cm³/mol. The Kier molecular flexibility index (Phi) is 6.53. The molecular weight excluding hydrogens is 478 g/mol. The molecule has 0 saturated carbocycles. The maximum atomic E-state index is 13.3. The zero-order valence-corrected chi connectivity index (χ0v) is 21.5. The molecule has 4 aromatic rings. The Balaban J connectivity index is 1.37. The van der Waals surface area contributed by atoms with Gasteiger partial charge in [-0.3, -0.25) is 14.2 Å². The Morgan fingerprint density at radius 2 is 1.77 bits per heavy atom. The molecule has 1 aliphatic rings. The number of hydrogen-bond acceptors (Lipinski definition) is 6. The average Bonchev–Trinajstić information content (AvgIpc) is 3.21. The largest absolute Gasteiger partial charge is 0.370 e. The van der Waals surface area contributed by atoms with Gasteiger partial charge < -0.3 is 10.1 Å². The molecule has 180 valence electrons. The van der Waals surface area contributed by atoms with E-state index in [1.807, 2.05) is 74.5 Å². The van der Waals surface area contributed by atoms with E-state index in [1.54, 1.807) is 11.6 Å². The van der Waals surface area contributed by atoms with E-state index in [0.717, 1.165) is 21.6 Å². The third kappa shape index (κ3) is 4.91. The zero-order valence-electron chi connectivity index (χ0n) is 19.9. The highest BCUT2D eigenvalue weighted by atomic mass is 32.2. The van der Waals surface area contributed by atoms with Gasteiger partial charge in [0.1, 0.15) is 4.83 Å². The second kappa shape index (κ2) is 9.60. The fraction of sp³-hybridized carbons (Fsp3) is 0.296. The van der Waals surface area contributed by atoms with E-state index >= 15 is 0 Å². The molecule has 0 radical (unpaired) electrons. The summed E-state index contributed by atoms with van der Waals surface area (Å²) in [6.45, 7) is 4.58. The van der Waals surface area contributed by atoms with Crippen LogP contribution in [0.4, 0.5) is 0 Å². The summed E-state index contributed by atoms with van der Waals surface area (Å²) < 4.78 is 7.48. The van der Waals surface area contributed by atoms with Crippen molar-refractivity contribution < 1.29 is 9.53 Å². The van der Waals surface area contributed by atoms with Gasteiger partial charge >= 0.3 is 0 Å². The van der Waals surface area contributed by atoms with Crippen molar-refractivity contribution in [1.82, 2.24) is 14.9 Å². The number of thioether (sulfide) groups is 1. The highest BCUT2D eigenvalue weighted by molar-refractivity contribution is 7.99. The molecule has 0 aliphatic carbocycles. The first-order valence-electron chi connectivity index (χ1n) is 11.5. The first-order chi connectivity index (χ1) is 16.8. The second-order valence-electron chi connectivity index (χ2n) is 9.28.